The minimum atomic E-state index is -0.671. The summed E-state index contributed by atoms with van der Waals surface area (Å²) in [5.41, 5.74) is 1.99. The van der Waals surface area contributed by atoms with Gasteiger partial charge in [-0.25, -0.2) is 0 Å². The summed E-state index contributed by atoms with van der Waals surface area (Å²) in [6.45, 7) is 10.7. The Labute approximate surface area is 201 Å². The summed E-state index contributed by atoms with van der Waals surface area (Å²) in [4.78, 5) is 27.1. The van der Waals surface area contributed by atoms with E-state index in [1.54, 1.807) is 25.1 Å². The summed E-state index contributed by atoms with van der Waals surface area (Å²) in [6.07, 6.45) is 0.812. The van der Waals surface area contributed by atoms with Crippen LogP contribution >= 0.6 is 23.2 Å². The Morgan fingerprint density at radius 1 is 1.06 bits per heavy atom. The molecule has 0 heterocycles. The van der Waals surface area contributed by atoms with E-state index in [1.165, 1.54) is 10.5 Å². The Bertz CT molecular complexity index is 924. The number of carbonyl (C=O) groups is 2. The lowest BCUT2D eigenvalue weighted by Crippen LogP contribution is -2.49. The smallest absolute Gasteiger partial charge is 0.261 e. The third-order valence-corrected chi connectivity index (χ3v) is 5.88. The zero-order valence-corrected chi connectivity index (χ0v) is 20.9. The fourth-order valence-corrected chi connectivity index (χ4v) is 3.41. The average molecular weight is 479 g/mol. The quantitative estimate of drug-likeness (QED) is 0.509. The van der Waals surface area contributed by atoms with E-state index in [1.807, 2.05) is 31.2 Å². The standard InChI is InChI=1S/C25H32Cl2N2O3/c1-6-13-28-24(31)17(2)29(15-18-7-12-21(26)22(27)14-18)23(30)16-32-20-10-8-19(9-11-20)25(3,4)5/h7-12,14,17H,6,13,15-16H2,1-5H3,(H,28,31)/t17-/m1/s1. The van der Waals surface area contributed by atoms with Gasteiger partial charge in [0.1, 0.15) is 11.8 Å². The largest absolute Gasteiger partial charge is 0.484 e. The van der Waals surface area contributed by atoms with Crippen molar-refractivity contribution in [1.82, 2.24) is 10.2 Å². The van der Waals surface area contributed by atoms with Crippen molar-refractivity contribution < 1.29 is 14.3 Å². The van der Waals surface area contributed by atoms with Gasteiger partial charge in [-0.15, -0.1) is 0 Å². The molecule has 2 aromatic rings. The van der Waals surface area contributed by atoms with Crippen LogP contribution in [-0.4, -0.2) is 35.9 Å². The zero-order valence-electron chi connectivity index (χ0n) is 19.4. The maximum atomic E-state index is 13.1. The molecule has 0 radical (unpaired) electrons. The molecule has 2 rings (SSSR count). The predicted molar refractivity (Wildman–Crippen MR) is 130 cm³/mol. The summed E-state index contributed by atoms with van der Waals surface area (Å²) in [7, 11) is 0. The number of halogens is 2. The Morgan fingerprint density at radius 3 is 2.28 bits per heavy atom. The van der Waals surface area contributed by atoms with E-state index in [2.05, 4.69) is 26.1 Å². The maximum Gasteiger partial charge on any atom is 0.261 e. The molecule has 32 heavy (non-hydrogen) atoms. The number of nitrogens with zero attached hydrogens (tertiary/aromatic N) is 1. The van der Waals surface area contributed by atoms with Crippen molar-refractivity contribution in [1.29, 1.82) is 0 Å². The summed E-state index contributed by atoms with van der Waals surface area (Å²) in [5.74, 6) is 0.0915. The highest BCUT2D eigenvalue weighted by Crippen LogP contribution is 2.25. The van der Waals surface area contributed by atoms with Crippen molar-refractivity contribution in [3.63, 3.8) is 0 Å². The monoisotopic (exact) mass is 478 g/mol. The Morgan fingerprint density at radius 2 is 1.72 bits per heavy atom. The van der Waals surface area contributed by atoms with Gasteiger partial charge in [-0.2, -0.15) is 0 Å². The first-order valence-corrected chi connectivity index (χ1v) is 11.5. The molecule has 7 heteroatoms. The molecular formula is C25H32Cl2N2O3. The van der Waals surface area contributed by atoms with Crippen LogP contribution in [0.2, 0.25) is 10.0 Å². The molecule has 2 amide bonds. The van der Waals surface area contributed by atoms with Crippen LogP contribution in [0.3, 0.4) is 0 Å². The van der Waals surface area contributed by atoms with Gasteiger partial charge in [0, 0.05) is 13.1 Å². The van der Waals surface area contributed by atoms with Crippen molar-refractivity contribution >= 4 is 35.0 Å². The second-order valence-electron chi connectivity index (χ2n) is 8.80. The molecule has 0 bridgehead atoms. The van der Waals surface area contributed by atoms with Gasteiger partial charge in [0.2, 0.25) is 5.91 Å². The number of hydrogen-bond donors (Lipinski definition) is 1. The predicted octanol–water partition coefficient (Wildman–Crippen LogP) is 5.61. The average Bonchev–Trinajstić information content (AvgIpc) is 2.75. The van der Waals surface area contributed by atoms with Gasteiger partial charge < -0.3 is 15.0 Å². The van der Waals surface area contributed by atoms with Crippen LogP contribution in [0.5, 0.6) is 5.75 Å². The highest BCUT2D eigenvalue weighted by atomic mass is 35.5. The lowest BCUT2D eigenvalue weighted by Gasteiger charge is -2.29. The molecule has 0 unspecified atom stereocenters. The van der Waals surface area contributed by atoms with Crippen molar-refractivity contribution in [3.05, 3.63) is 63.6 Å². The summed E-state index contributed by atoms with van der Waals surface area (Å²) in [6, 6.07) is 12.2. The molecule has 0 spiro atoms. The summed E-state index contributed by atoms with van der Waals surface area (Å²) < 4.78 is 5.74. The van der Waals surface area contributed by atoms with Crippen molar-refractivity contribution in [2.45, 2.75) is 59.0 Å². The van der Waals surface area contributed by atoms with Crippen LogP contribution in [0, 0.1) is 0 Å². The molecular weight excluding hydrogens is 447 g/mol. The van der Waals surface area contributed by atoms with E-state index in [9.17, 15) is 9.59 Å². The summed E-state index contributed by atoms with van der Waals surface area (Å²) >= 11 is 12.1. The fraction of sp³-hybridized carbons (Fsp3) is 0.440. The molecule has 0 aliphatic carbocycles. The number of amides is 2. The number of rotatable bonds is 9. The van der Waals surface area contributed by atoms with E-state index < -0.39 is 6.04 Å². The van der Waals surface area contributed by atoms with E-state index >= 15 is 0 Å². The Hall–Kier alpha value is -2.24. The first-order valence-electron chi connectivity index (χ1n) is 10.8. The fourth-order valence-electron chi connectivity index (χ4n) is 3.09. The number of benzene rings is 2. The topological polar surface area (TPSA) is 58.6 Å². The van der Waals surface area contributed by atoms with Crippen LogP contribution in [0.15, 0.2) is 42.5 Å². The zero-order chi connectivity index (χ0) is 23.9. The van der Waals surface area contributed by atoms with Gasteiger partial charge in [0.15, 0.2) is 6.61 Å². The van der Waals surface area contributed by atoms with Crippen LogP contribution in [0.1, 0.15) is 52.2 Å². The minimum absolute atomic E-state index is 0.0340. The lowest BCUT2D eigenvalue weighted by molar-refractivity contribution is -0.142. The highest BCUT2D eigenvalue weighted by molar-refractivity contribution is 6.42. The molecule has 1 N–H and O–H groups in total. The molecule has 0 aliphatic heterocycles. The molecule has 2 aromatic carbocycles. The van der Waals surface area contributed by atoms with Crippen LogP contribution < -0.4 is 10.1 Å². The van der Waals surface area contributed by atoms with Crippen molar-refractivity contribution in [3.8, 4) is 5.75 Å². The van der Waals surface area contributed by atoms with E-state index in [-0.39, 0.29) is 30.4 Å². The number of carbonyl (C=O) groups excluding carboxylic acids is 2. The molecule has 0 saturated carbocycles. The lowest BCUT2D eigenvalue weighted by atomic mass is 9.87. The molecule has 0 aliphatic rings. The van der Waals surface area contributed by atoms with Crippen LogP contribution in [0.25, 0.3) is 0 Å². The number of nitrogens with one attached hydrogen (secondary N) is 1. The first kappa shape index (κ1) is 26.0. The van der Waals surface area contributed by atoms with Gasteiger partial charge in [-0.05, 0) is 54.2 Å². The molecule has 174 valence electrons. The third kappa shape index (κ3) is 7.42. The molecule has 1 atom stereocenters. The van der Waals surface area contributed by atoms with Crippen LogP contribution in [0.4, 0.5) is 0 Å². The molecule has 5 nitrogen and oxygen atoms in total. The van der Waals surface area contributed by atoms with Crippen molar-refractivity contribution in [2.75, 3.05) is 13.2 Å². The first-order chi connectivity index (χ1) is 15.0. The minimum Gasteiger partial charge on any atom is -0.484 e. The van der Waals surface area contributed by atoms with E-state index in [4.69, 9.17) is 27.9 Å². The van der Waals surface area contributed by atoms with Gasteiger partial charge in [-0.3, -0.25) is 9.59 Å². The van der Waals surface area contributed by atoms with Crippen molar-refractivity contribution in [2.24, 2.45) is 0 Å². The number of ether oxygens (including phenoxy) is 1. The van der Waals surface area contributed by atoms with Gasteiger partial charge >= 0.3 is 0 Å². The second kappa shape index (κ2) is 11.6. The normalized spacial score (nSPS) is 12.2. The second-order valence-corrected chi connectivity index (χ2v) is 9.61. The Kier molecular flexibility index (Phi) is 9.41. The maximum absolute atomic E-state index is 13.1. The molecule has 0 saturated heterocycles. The highest BCUT2D eigenvalue weighted by Gasteiger charge is 2.26. The molecule has 0 fully saturated rings. The SMILES string of the molecule is CCCNC(=O)[C@@H](C)N(Cc1ccc(Cl)c(Cl)c1)C(=O)COc1ccc(C(C)(C)C)cc1. The Balaban J connectivity index is 2.15. The van der Waals surface area contributed by atoms with Gasteiger partial charge in [0.25, 0.3) is 5.91 Å². The van der Waals surface area contributed by atoms with Gasteiger partial charge in [0.05, 0.1) is 10.0 Å². The summed E-state index contributed by atoms with van der Waals surface area (Å²) in [5, 5.41) is 3.68. The van der Waals surface area contributed by atoms with Crippen LogP contribution in [-0.2, 0) is 21.5 Å². The van der Waals surface area contributed by atoms with E-state index in [0.717, 1.165) is 12.0 Å². The molecule has 0 aromatic heterocycles. The van der Waals surface area contributed by atoms with E-state index in [0.29, 0.717) is 22.3 Å². The third-order valence-electron chi connectivity index (χ3n) is 5.14. The van der Waals surface area contributed by atoms with Gasteiger partial charge in [-0.1, -0.05) is 69.1 Å². The number of hydrogen-bond acceptors (Lipinski definition) is 3.